The summed E-state index contributed by atoms with van der Waals surface area (Å²) in [6, 6.07) is 62.0. The monoisotopic (exact) mass is 718 g/mol. The largest absolute Gasteiger partial charge is 0.256 e. The molecule has 4 aromatic heterocycles. The highest BCUT2D eigenvalue weighted by Gasteiger charge is 2.19. The third-order valence-corrected chi connectivity index (χ3v) is 11.6. The standard InChI is InChI=1S/C50H30N4S/c1-2-12-31(13-3-1)47-49-48(41-18-8-9-20-46(41)55-49)54-50(53-47)37-28-35(42-30-32-14-4-5-15-38(32)39-16-6-7-17-40(39)42)27-36(29-37)45-24-22-34-26-33(21-23-44(34)52-45)43-19-10-11-25-51-43/h1-30H. The fourth-order valence-electron chi connectivity index (χ4n) is 7.84. The van der Waals surface area contributed by atoms with Crippen LogP contribution < -0.4 is 0 Å². The Morgan fingerprint density at radius 2 is 1.15 bits per heavy atom. The van der Waals surface area contributed by atoms with E-state index in [4.69, 9.17) is 15.0 Å². The Labute approximate surface area is 321 Å². The minimum absolute atomic E-state index is 0.684. The molecule has 4 nitrogen and oxygen atoms in total. The number of rotatable bonds is 5. The van der Waals surface area contributed by atoms with E-state index >= 15 is 0 Å². The molecule has 0 saturated carbocycles. The van der Waals surface area contributed by atoms with Crippen LogP contribution in [0.5, 0.6) is 0 Å². The van der Waals surface area contributed by atoms with Crippen molar-refractivity contribution in [2.24, 2.45) is 0 Å². The summed E-state index contributed by atoms with van der Waals surface area (Å²) in [5.41, 5.74) is 11.0. The van der Waals surface area contributed by atoms with Gasteiger partial charge in [-0.05, 0) is 93.3 Å². The minimum Gasteiger partial charge on any atom is -0.256 e. The fraction of sp³-hybridized carbons (Fsp3) is 0. The van der Waals surface area contributed by atoms with Crippen LogP contribution in [0.4, 0.5) is 0 Å². The Balaban J connectivity index is 1.17. The van der Waals surface area contributed by atoms with Crippen molar-refractivity contribution in [2.45, 2.75) is 0 Å². The Morgan fingerprint density at radius 1 is 0.400 bits per heavy atom. The van der Waals surface area contributed by atoms with Crippen LogP contribution in [0.1, 0.15) is 0 Å². The average Bonchev–Trinajstić information content (AvgIpc) is 3.64. The molecule has 256 valence electrons. The summed E-state index contributed by atoms with van der Waals surface area (Å²) in [4.78, 5) is 20.6. The van der Waals surface area contributed by atoms with Gasteiger partial charge in [-0.3, -0.25) is 4.98 Å². The molecule has 0 saturated heterocycles. The van der Waals surface area contributed by atoms with Crippen molar-refractivity contribution < 1.29 is 0 Å². The van der Waals surface area contributed by atoms with Gasteiger partial charge < -0.3 is 0 Å². The molecular formula is C50H30N4S. The second-order valence-corrected chi connectivity index (χ2v) is 14.9. The van der Waals surface area contributed by atoms with E-state index in [1.165, 1.54) is 26.2 Å². The van der Waals surface area contributed by atoms with Crippen LogP contribution >= 0.6 is 11.3 Å². The lowest BCUT2D eigenvalue weighted by molar-refractivity contribution is 1.24. The second-order valence-electron chi connectivity index (χ2n) is 13.8. The molecule has 0 aliphatic rings. The zero-order valence-electron chi connectivity index (χ0n) is 29.5. The Bertz CT molecular complexity index is 3260. The first-order chi connectivity index (χ1) is 27.2. The van der Waals surface area contributed by atoms with Crippen LogP contribution in [0.3, 0.4) is 0 Å². The number of hydrogen-bond acceptors (Lipinski definition) is 5. The number of nitrogens with zero attached hydrogens (tertiary/aromatic N) is 4. The van der Waals surface area contributed by atoms with Crippen LogP contribution in [-0.4, -0.2) is 19.9 Å². The van der Waals surface area contributed by atoms with Gasteiger partial charge in [-0.15, -0.1) is 11.3 Å². The van der Waals surface area contributed by atoms with Crippen molar-refractivity contribution in [2.75, 3.05) is 0 Å². The molecule has 0 aliphatic carbocycles. The van der Waals surface area contributed by atoms with Gasteiger partial charge in [-0.25, -0.2) is 15.0 Å². The summed E-state index contributed by atoms with van der Waals surface area (Å²) in [5, 5.41) is 7.07. The second kappa shape index (κ2) is 12.8. The molecule has 0 aliphatic heterocycles. The van der Waals surface area contributed by atoms with Crippen molar-refractivity contribution in [1.29, 1.82) is 0 Å². The smallest absolute Gasteiger partial charge is 0.160 e. The summed E-state index contributed by atoms with van der Waals surface area (Å²) in [6.07, 6.45) is 1.83. The molecule has 0 N–H and O–H groups in total. The number of hydrogen-bond donors (Lipinski definition) is 0. The van der Waals surface area contributed by atoms with E-state index in [1.807, 2.05) is 30.5 Å². The van der Waals surface area contributed by atoms with Gasteiger partial charge in [-0.1, -0.05) is 115 Å². The van der Waals surface area contributed by atoms with E-state index in [2.05, 4.69) is 157 Å². The molecule has 0 unspecified atom stereocenters. The SMILES string of the molecule is c1ccc(-c2nc(-c3cc(-c4ccc5cc(-c6ccccn6)ccc5n4)cc(-c4cc5ccccc5c5ccccc45)c3)nc3c2sc2ccccc23)cc1. The summed E-state index contributed by atoms with van der Waals surface area (Å²) in [5.74, 6) is 0.684. The summed E-state index contributed by atoms with van der Waals surface area (Å²) < 4.78 is 2.29. The summed E-state index contributed by atoms with van der Waals surface area (Å²) in [7, 11) is 0. The lowest BCUT2D eigenvalue weighted by Crippen LogP contribution is -1.96. The van der Waals surface area contributed by atoms with Gasteiger partial charge in [-0.2, -0.15) is 0 Å². The van der Waals surface area contributed by atoms with Gasteiger partial charge in [0.25, 0.3) is 0 Å². The minimum atomic E-state index is 0.684. The summed E-state index contributed by atoms with van der Waals surface area (Å²) >= 11 is 1.75. The van der Waals surface area contributed by atoms with E-state index in [1.54, 1.807) is 11.3 Å². The molecule has 4 heterocycles. The predicted octanol–water partition coefficient (Wildman–Crippen LogP) is 13.4. The third kappa shape index (κ3) is 5.44. The predicted molar refractivity (Wildman–Crippen MR) is 230 cm³/mol. The maximum absolute atomic E-state index is 5.38. The number of pyridine rings is 2. The Kier molecular flexibility index (Phi) is 7.32. The molecule has 5 heteroatoms. The zero-order chi connectivity index (χ0) is 36.3. The fourth-order valence-corrected chi connectivity index (χ4v) is 9.00. The average molecular weight is 719 g/mol. The molecule has 0 spiro atoms. The zero-order valence-corrected chi connectivity index (χ0v) is 30.3. The highest BCUT2D eigenvalue weighted by molar-refractivity contribution is 7.26. The van der Waals surface area contributed by atoms with Crippen molar-refractivity contribution in [3.63, 3.8) is 0 Å². The highest BCUT2D eigenvalue weighted by atomic mass is 32.1. The molecule has 11 aromatic rings. The van der Waals surface area contributed by atoms with Crippen LogP contribution in [0.25, 0.3) is 109 Å². The first kappa shape index (κ1) is 31.4. The maximum atomic E-state index is 5.38. The van der Waals surface area contributed by atoms with Crippen LogP contribution in [0.15, 0.2) is 182 Å². The molecule has 11 rings (SSSR count). The topological polar surface area (TPSA) is 51.6 Å². The molecule has 0 bridgehead atoms. The van der Waals surface area contributed by atoms with E-state index in [9.17, 15) is 0 Å². The van der Waals surface area contributed by atoms with Crippen LogP contribution in [0, 0.1) is 0 Å². The van der Waals surface area contributed by atoms with Crippen molar-refractivity contribution in [3.8, 4) is 56.3 Å². The molecule has 7 aromatic carbocycles. The lowest BCUT2D eigenvalue weighted by Gasteiger charge is -2.15. The van der Waals surface area contributed by atoms with Gasteiger partial charge in [0.05, 0.1) is 32.8 Å². The molecule has 0 amide bonds. The molecule has 0 fully saturated rings. The van der Waals surface area contributed by atoms with E-state index < -0.39 is 0 Å². The van der Waals surface area contributed by atoms with Gasteiger partial charge >= 0.3 is 0 Å². The van der Waals surface area contributed by atoms with Gasteiger partial charge in [0, 0.05) is 43.9 Å². The summed E-state index contributed by atoms with van der Waals surface area (Å²) in [6.45, 7) is 0. The Hall–Kier alpha value is -7.08. The quantitative estimate of drug-likeness (QED) is 0.166. The molecule has 0 atom stereocenters. The number of aromatic nitrogens is 4. The van der Waals surface area contributed by atoms with Crippen molar-refractivity contribution in [1.82, 2.24) is 19.9 Å². The number of thiophene rings is 1. The number of benzene rings is 7. The lowest BCUT2D eigenvalue weighted by atomic mass is 9.91. The van der Waals surface area contributed by atoms with Crippen molar-refractivity contribution in [3.05, 3.63) is 182 Å². The van der Waals surface area contributed by atoms with Gasteiger partial charge in [0.1, 0.15) is 0 Å². The number of fused-ring (bicyclic) bond motifs is 7. The first-order valence-electron chi connectivity index (χ1n) is 18.4. The molecule has 0 radical (unpaired) electrons. The van der Waals surface area contributed by atoms with Gasteiger partial charge in [0.15, 0.2) is 5.82 Å². The van der Waals surface area contributed by atoms with E-state index in [0.717, 1.165) is 77.0 Å². The highest BCUT2D eigenvalue weighted by Crippen LogP contribution is 2.42. The Morgan fingerprint density at radius 3 is 2.02 bits per heavy atom. The third-order valence-electron chi connectivity index (χ3n) is 10.5. The normalized spacial score (nSPS) is 11.6. The molecular weight excluding hydrogens is 689 g/mol. The van der Waals surface area contributed by atoms with Crippen LogP contribution in [-0.2, 0) is 0 Å². The first-order valence-corrected chi connectivity index (χ1v) is 19.2. The van der Waals surface area contributed by atoms with Crippen LogP contribution in [0.2, 0.25) is 0 Å². The van der Waals surface area contributed by atoms with Gasteiger partial charge in [0.2, 0.25) is 0 Å². The molecule has 55 heavy (non-hydrogen) atoms. The van der Waals surface area contributed by atoms with E-state index in [-0.39, 0.29) is 0 Å². The van der Waals surface area contributed by atoms with Crippen molar-refractivity contribution >= 4 is 64.1 Å². The maximum Gasteiger partial charge on any atom is 0.160 e. The van der Waals surface area contributed by atoms with E-state index in [0.29, 0.717) is 5.82 Å².